The predicted octanol–water partition coefficient (Wildman–Crippen LogP) is 2.38. The first-order chi connectivity index (χ1) is 7.50. The van der Waals surface area contributed by atoms with E-state index in [-0.39, 0.29) is 17.0 Å². The van der Waals surface area contributed by atoms with Gasteiger partial charge in [0, 0.05) is 10.9 Å². The molecular formula is C11H8ClFO3. The molecule has 1 aliphatic carbocycles. The van der Waals surface area contributed by atoms with Crippen LogP contribution in [0.4, 0.5) is 4.39 Å². The molecule has 0 radical (unpaired) electrons. The minimum absolute atomic E-state index is 0.124. The fourth-order valence-corrected chi connectivity index (χ4v) is 1.82. The van der Waals surface area contributed by atoms with Crippen molar-refractivity contribution < 1.29 is 19.1 Å². The van der Waals surface area contributed by atoms with Crippen LogP contribution in [0, 0.1) is 17.7 Å². The van der Waals surface area contributed by atoms with Crippen LogP contribution in [0.5, 0.6) is 0 Å². The number of carbonyl (C=O) groups is 2. The maximum atomic E-state index is 13.3. The van der Waals surface area contributed by atoms with Crippen LogP contribution in [0.15, 0.2) is 18.2 Å². The Bertz CT molecular complexity index is 472. The number of Topliss-reactive ketones (excluding diaryl/α,β-unsaturated/α-hetero) is 1. The molecule has 1 aromatic rings. The summed E-state index contributed by atoms with van der Waals surface area (Å²) >= 11 is 5.65. The van der Waals surface area contributed by atoms with Gasteiger partial charge in [0.25, 0.3) is 0 Å². The number of halogens is 2. The summed E-state index contributed by atoms with van der Waals surface area (Å²) in [6.07, 6.45) is 0.278. The molecule has 0 amide bonds. The Morgan fingerprint density at radius 3 is 2.62 bits per heavy atom. The first-order valence-corrected chi connectivity index (χ1v) is 5.10. The molecule has 16 heavy (non-hydrogen) atoms. The molecule has 0 heterocycles. The molecule has 2 rings (SSSR count). The molecule has 1 fully saturated rings. The molecule has 84 valence electrons. The number of rotatable bonds is 3. The molecule has 3 nitrogen and oxygen atoms in total. The van der Waals surface area contributed by atoms with Crippen molar-refractivity contribution in [2.24, 2.45) is 11.8 Å². The lowest BCUT2D eigenvalue weighted by atomic mass is 10.1. The van der Waals surface area contributed by atoms with Gasteiger partial charge in [-0.2, -0.15) is 0 Å². The highest BCUT2D eigenvalue weighted by molar-refractivity contribution is 6.31. The number of carboxylic acids is 1. The third kappa shape index (κ3) is 1.93. The van der Waals surface area contributed by atoms with Crippen molar-refractivity contribution in [2.45, 2.75) is 6.42 Å². The van der Waals surface area contributed by atoms with Crippen LogP contribution < -0.4 is 0 Å². The molecule has 0 bridgehead atoms. The molecule has 0 aliphatic heterocycles. The van der Waals surface area contributed by atoms with E-state index in [4.69, 9.17) is 16.7 Å². The standard InChI is InChI=1S/C11H8ClFO3/c12-5-1-2-9(13)8(3-5)10(14)6-4-7(6)11(15)16/h1-3,6-7H,4H2,(H,15,16). The fourth-order valence-electron chi connectivity index (χ4n) is 1.64. The monoisotopic (exact) mass is 242 g/mol. The molecule has 1 aliphatic rings. The number of ketones is 1. The highest BCUT2D eigenvalue weighted by Crippen LogP contribution is 2.41. The topological polar surface area (TPSA) is 54.4 Å². The number of carbonyl (C=O) groups excluding carboxylic acids is 1. The van der Waals surface area contributed by atoms with Crippen molar-refractivity contribution in [2.75, 3.05) is 0 Å². The zero-order chi connectivity index (χ0) is 11.9. The highest BCUT2D eigenvalue weighted by atomic mass is 35.5. The van der Waals surface area contributed by atoms with Crippen molar-refractivity contribution >= 4 is 23.4 Å². The Morgan fingerprint density at radius 1 is 1.38 bits per heavy atom. The van der Waals surface area contributed by atoms with Gasteiger partial charge in [0.05, 0.1) is 11.5 Å². The number of hydrogen-bond acceptors (Lipinski definition) is 2. The maximum Gasteiger partial charge on any atom is 0.307 e. The van der Waals surface area contributed by atoms with Gasteiger partial charge in [-0.25, -0.2) is 4.39 Å². The van der Waals surface area contributed by atoms with Crippen molar-refractivity contribution in [1.29, 1.82) is 0 Å². The Labute approximate surface area is 95.8 Å². The number of hydrogen-bond donors (Lipinski definition) is 1. The van der Waals surface area contributed by atoms with Crippen LogP contribution in [-0.4, -0.2) is 16.9 Å². The van der Waals surface area contributed by atoms with Gasteiger partial charge in [-0.15, -0.1) is 0 Å². The first-order valence-electron chi connectivity index (χ1n) is 4.73. The molecule has 0 spiro atoms. The van der Waals surface area contributed by atoms with Gasteiger partial charge < -0.3 is 5.11 Å². The number of aliphatic carboxylic acids is 1. The third-order valence-electron chi connectivity index (χ3n) is 2.64. The van der Waals surface area contributed by atoms with Crippen LogP contribution in [0.3, 0.4) is 0 Å². The van der Waals surface area contributed by atoms with E-state index in [0.717, 1.165) is 6.07 Å². The average Bonchev–Trinajstić information content (AvgIpc) is 3.00. The lowest BCUT2D eigenvalue weighted by molar-refractivity contribution is -0.138. The van der Waals surface area contributed by atoms with Crippen molar-refractivity contribution in [3.63, 3.8) is 0 Å². The van der Waals surface area contributed by atoms with Gasteiger partial charge in [-0.05, 0) is 24.6 Å². The largest absolute Gasteiger partial charge is 0.481 e. The minimum Gasteiger partial charge on any atom is -0.481 e. The molecule has 2 atom stereocenters. The molecule has 2 unspecified atom stereocenters. The van der Waals surface area contributed by atoms with Gasteiger partial charge in [0.2, 0.25) is 0 Å². The smallest absolute Gasteiger partial charge is 0.307 e. The second-order valence-electron chi connectivity index (χ2n) is 3.78. The van der Waals surface area contributed by atoms with E-state index in [9.17, 15) is 14.0 Å². The fraction of sp³-hybridized carbons (Fsp3) is 0.273. The van der Waals surface area contributed by atoms with E-state index < -0.39 is 29.4 Å². The van der Waals surface area contributed by atoms with Gasteiger partial charge >= 0.3 is 5.97 Å². The second kappa shape index (κ2) is 3.87. The summed E-state index contributed by atoms with van der Waals surface area (Å²) in [4.78, 5) is 22.3. The second-order valence-corrected chi connectivity index (χ2v) is 4.21. The van der Waals surface area contributed by atoms with Crippen molar-refractivity contribution in [3.8, 4) is 0 Å². The van der Waals surface area contributed by atoms with E-state index >= 15 is 0 Å². The third-order valence-corrected chi connectivity index (χ3v) is 2.87. The molecular weight excluding hydrogens is 235 g/mol. The predicted molar refractivity (Wildman–Crippen MR) is 55.0 cm³/mol. The normalized spacial score (nSPS) is 22.9. The van der Waals surface area contributed by atoms with Crippen LogP contribution in [0.25, 0.3) is 0 Å². The lowest BCUT2D eigenvalue weighted by Gasteiger charge is -2.01. The molecule has 5 heteroatoms. The van der Waals surface area contributed by atoms with E-state index in [2.05, 4.69) is 0 Å². The van der Waals surface area contributed by atoms with Gasteiger partial charge in [0.1, 0.15) is 5.82 Å². The van der Waals surface area contributed by atoms with E-state index in [0.29, 0.717) is 0 Å². The van der Waals surface area contributed by atoms with Gasteiger partial charge in [0.15, 0.2) is 5.78 Å². The SMILES string of the molecule is O=C(O)C1CC1C(=O)c1cc(Cl)ccc1F. The van der Waals surface area contributed by atoms with Crippen molar-refractivity contribution in [3.05, 3.63) is 34.6 Å². The number of carboxylic acid groups (broad SMARTS) is 1. The Kier molecular flexibility index (Phi) is 2.68. The summed E-state index contributed by atoms with van der Waals surface area (Å²) in [5, 5.41) is 8.93. The van der Waals surface area contributed by atoms with Crippen molar-refractivity contribution in [1.82, 2.24) is 0 Å². The van der Waals surface area contributed by atoms with E-state index in [1.165, 1.54) is 12.1 Å². The highest BCUT2D eigenvalue weighted by Gasteiger charge is 2.48. The van der Waals surface area contributed by atoms with Gasteiger partial charge in [-0.1, -0.05) is 11.6 Å². The van der Waals surface area contributed by atoms with Crippen LogP contribution in [0.2, 0.25) is 5.02 Å². The molecule has 0 aromatic heterocycles. The van der Waals surface area contributed by atoms with Gasteiger partial charge in [-0.3, -0.25) is 9.59 Å². The zero-order valence-corrected chi connectivity index (χ0v) is 8.87. The minimum atomic E-state index is -1.01. The molecule has 1 aromatic carbocycles. The summed E-state index contributed by atoms with van der Waals surface area (Å²) in [6, 6.07) is 3.68. The number of benzene rings is 1. The van der Waals surface area contributed by atoms with E-state index in [1.807, 2.05) is 0 Å². The Hall–Kier alpha value is -1.42. The summed E-state index contributed by atoms with van der Waals surface area (Å²) in [5.41, 5.74) is -0.124. The lowest BCUT2D eigenvalue weighted by Crippen LogP contribution is -2.09. The molecule has 1 N–H and O–H groups in total. The Balaban J connectivity index is 2.23. The molecule has 0 saturated heterocycles. The van der Waals surface area contributed by atoms with E-state index in [1.54, 1.807) is 0 Å². The maximum absolute atomic E-state index is 13.3. The Morgan fingerprint density at radius 2 is 2.06 bits per heavy atom. The van der Waals surface area contributed by atoms with Crippen LogP contribution in [-0.2, 0) is 4.79 Å². The first kappa shape index (κ1) is 11.1. The quantitative estimate of drug-likeness (QED) is 0.828. The average molecular weight is 243 g/mol. The summed E-state index contributed by atoms with van der Waals surface area (Å²) in [5.74, 6) is -3.44. The van der Waals surface area contributed by atoms with Crippen LogP contribution in [0.1, 0.15) is 16.8 Å². The molecule has 1 saturated carbocycles. The van der Waals surface area contributed by atoms with Crippen LogP contribution >= 0.6 is 11.6 Å². The summed E-state index contributed by atoms with van der Waals surface area (Å²) in [7, 11) is 0. The summed E-state index contributed by atoms with van der Waals surface area (Å²) in [6.45, 7) is 0. The summed E-state index contributed by atoms with van der Waals surface area (Å²) < 4.78 is 13.3. The zero-order valence-electron chi connectivity index (χ0n) is 8.11.